The van der Waals surface area contributed by atoms with Crippen molar-refractivity contribution >= 4 is 43.3 Å². The van der Waals surface area contributed by atoms with Gasteiger partial charge in [0.1, 0.15) is 6.17 Å². The third kappa shape index (κ3) is 3.77. The molecule has 37 heavy (non-hydrogen) atoms. The van der Waals surface area contributed by atoms with Crippen LogP contribution < -0.4 is 9.62 Å². The number of halogens is 1. The Kier molecular flexibility index (Phi) is 6.39. The first-order valence-corrected chi connectivity index (χ1v) is 13.8. The third-order valence-corrected chi connectivity index (χ3v) is 9.65. The molecule has 9 nitrogen and oxygen atoms in total. The van der Waals surface area contributed by atoms with E-state index < -0.39 is 33.5 Å². The predicted molar refractivity (Wildman–Crippen MR) is 144 cm³/mol. The summed E-state index contributed by atoms with van der Waals surface area (Å²) in [5, 5.41) is 7.18. The number of esters is 1. The van der Waals surface area contributed by atoms with Gasteiger partial charge >= 0.3 is 5.97 Å². The lowest BCUT2D eigenvalue weighted by atomic mass is 9.62. The van der Waals surface area contributed by atoms with Gasteiger partial charge in [-0.2, -0.15) is 0 Å². The molecule has 0 saturated heterocycles. The van der Waals surface area contributed by atoms with E-state index in [1.54, 1.807) is 48.5 Å². The van der Waals surface area contributed by atoms with Crippen LogP contribution in [0.15, 0.2) is 81.2 Å². The molecular formula is C26H24BrN5O4S. The number of hydrogen-bond donors (Lipinski definition) is 1. The number of fused-ring (bicyclic) bond motifs is 4. The maximum atomic E-state index is 14.3. The minimum Gasteiger partial charge on any atom is -0.469 e. The van der Waals surface area contributed by atoms with Gasteiger partial charge < -0.3 is 10.1 Å². The van der Waals surface area contributed by atoms with Gasteiger partial charge in [0.15, 0.2) is 0 Å². The summed E-state index contributed by atoms with van der Waals surface area (Å²) in [5.41, 5.74) is 11.2. The molecule has 0 amide bonds. The van der Waals surface area contributed by atoms with E-state index in [0.717, 1.165) is 11.1 Å². The SMILES string of the molecule is COC(=O)[C@H]1c2ccccc2N(S(=O)(=O)c2ccc(C)cc2)C2Nc3cccc(Br)c3C21CCN=[N+]=[N-]. The minimum atomic E-state index is -4.10. The Balaban J connectivity index is 1.86. The molecule has 0 saturated carbocycles. The largest absolute Gasteiger partial charge is 0.469 e. The fourth-order valence-electron chi connectivity index (χ4n) is 5.68. The second-order valence-electron chi connectivity index (χ2n) is 9.08. The van der Waals surface area contributed by atoms with Crippen LogP contribution in [0.1, 0.15) is 29.0 Å². The van der Waals surface area contributed by atoms with Crippen LogP contribution in [0.5, 0.6) is 0 Å². The molecule has 2 heterocycles. The van der Waals surface area contributed by atoms with Crippen molar-refractivity contribution in [3.8, 4) is 0 Å². The molecule has 2 aliphatic heterocycles. The van der Waals surface area contributed by atoms with Gasteiger partial charge in [-0.15, -0.1) is 0 Å². The molecule has 0 spiro atoms. The van der Waals surface area contributed by atoms with Gasteiger partial charge in [-0.25, -0.2) is 12.7 Å². The van der Waals surface area contributed by atoms with Crippen LogP contribution in [-0.4, -0.2) is 34.2 Å². The number of benzene rings is 3. The number of ether oxygens (including phenoxy) is 1. The van der Waals surface area contributed by atoms with Gasteiger partial charge in [0, 0.05) is 27.2 Å². The summed E-state index contributed by atoms with van der Waals surface area (Å²) in [6.07, 6.45) is -0.710. The van der Waals surface area contributed by atoms with Gasteiger partial charge in [-0.3, -0.25) is 4.79 Å². The molecule has 3 aromatic carbocycles. The van der Waals surface area contributed by atoms with Crippen LogP contribution in [0.2, 0.25) is 0 Å². The first kappa shape index (κ1) is 25.1. The van der Waals surface area contributed by atoms with E-state index in [0.29, 0.717) is 21.4 Å². The van der Waals surface area contributed by atoms with E-state index in [2.05, 4.69) is 31.3 Å². The molecule has 11 heteroatoms. The normalized spacial score (nSPS) is 21.6. The van der Waals surface area contributed by atoms with Crippen LogP contribution in [0, 0.1) is 6.92 Å². The van der Waals surface area contributed by atoms with E-state index in [1.807, 2.05) is 25.1 Å². The number of carbonyl (C=O) groups excluding carboxylic acids is 1. The monoisotopic (exact) mass is 581 g/mol. The maximum Gasteiger partial charge on any atom is 0.314 e. The lowest BCUT2D eigenvalue weighted by molar-refractivity contribution is -0.144. The lowest BCUT2D eigenvalue weighted by Gasteiger charge is -2.50. The smallest absolute Gasteiger partial charge is 0.314 e. The third-order valence-electron chi connectivity index (χ3n) is 7.20. The highest BCUT2D eigenvalue weighted by Gasteiger charge is 2.63. The van der Waals surface area contributed by atoms with E-state index in [9.17, 15) is 13.2 Å². The van der Waals surface area contributed by atoms with Gasteiger partial charge in [-0.1, -0.05) is 63.0 Å². The fraction of sp³-hybridized carbons (Fsp3) is 0.269. The zero-order valence-corrected chi connectivity index (χ0v) is 22.5. The number of methoxy groups -OCH3 is 1. The molecule has 2 unspecified atom stereocenters. The average Bonchev–Trinajstić information content (AvgIpc) is 3.22. The summed E-state index contributed by atoms with van der Waals surface area (Å²) in [4.78, 5) is 16.6. The molecule has 5 rings (SSSR count). The molecule has 0 radical (unpaired) electrons. The van der Waals surface area contributed by atoms with Crippen LogP contribution in [0.3, 0.4) is 0 Å². The number of hydrogen-bond acceptors (Lipinski definition) is 6. The molecule has 3 aromatic rings. The minimum absolute atomic E-state index is 0.0452. The van der Waals surface area contributed by atoms with Crippen molar-refractivity contribution in [3.63, 3.8) is 0 Å². The van der Waals surface area contributed by atoms with Crippen molar-refractivity contribution in [1.82, 2.24) is 0 Å². The number of nitrogens with one attached hydrogen (secondary N) is 1. The number of sulfonamides is 1. The number of aryl methyl sites for hydroxylation is 1. The number of nitrogens with zero attached hydrogens (tertiary/aromatic N) is 4. The van der Waals surface area contributed by atoms with Gasteiger partial charge in [0.05, 0.1) is 29.0 Å². The van der Waals surface area contributed by atoms with Crippen molar-refractivity contribution in [3.05, 3.63) is 98.3 Å². The molecule has 190 valence electrons. The van der Waals surface area contributed by atoms with Crippen molar-refractivity contribution in [2.75, 3.05) is 23.3 Å². The first-order valence-electron chi connectivity index (χ1n) is 11.6. The second-order valence-corrected chi connectivity index (χ2v) is 11.8. The standard InChI is InChI=1S/C26H24BrN5O4S/c1-16-10-12-17(13-11-16)37(34,35)32-21-9-4-3-6-18(21)22(24(33)36-2)26(14-15-29-31-28)23-19(27)7-5-8-20(23)30-25(26)32/h3-13,22,25,30H,14-15H2,1-2H3/t22-,25?,26?/m1/s1. The summed E-state index contributed by atoms with van der Waals surface area (Å²) in [7, 11) is -2.78. The molecular weight excluding hydrogens is 558 g/mol. The molecule has 0 fully saturated rings. The summed E-state index contributed by atoms with van der Waals surface area (Å²) in [5.74, 6) is -1.37. The lowest BCUT2D eigenvalue weighted by Crippen LogP contribution is -2.61. The van der Waals surface area contributed by atoms with Crippen LogP contribution in [0.4, 0.5) is 11.4 Å². The van der Waals surface area contributed by atoms with Crippen molar-refractivity contribution < 1.29 is 17.9 Å². The Hall–Kier alpha value is -3.53. The number of para-hydroxylation sites is 1. The van der Waals surface area contributed by atoms with Crippen LogP contribution in [-0.2, 0) is 25.0 Å². The Bertz CT molecular complexity index is 1540. The van der Waals surface area contributed by atoms with E-state index in [-0.39, 0.29) is 17.9 Å². The molecule has 1 N–H and O–H groups in total. The number of rotatable bonds is 6. The maximum absolute atomic E-state index is 14.3. The number of anilines is 2. The van der Waals surface area contributed by atoms with Gasteiger partial charge in [0.25, 0.3) is 10.0 Å². The van der Waals surface area contributed by atoms with Gasteiger partial charge in [0.2, 0.25) is 0 Å². The fourth-order valence-corrected chi connectivity index (χ4v) is 8.07. The van der Waals surface area contributed by atoms with Crippen molar-refractivity contribution in [2.45, 2.75) is 35.7 Å². The predicted octanol–water partition coefficient (Wildman–Crippen LogP) is 5.61. The molecule has 0 aliphatic carbocycles. The van der Waals surface area contributed by atoms with E-state index >= 15 is 0 Å². The summed E-state index contributed by atoms with van der Waals surface area (Å²) < 4.78 is 36.1. The van der Waals surface area contributed by atoms with Crippen LogP contribution in [0.25, 0.3) is 10.4 Å². The van der Waals surface area contributed by atoms with Crippen LogP contribution >= 0.6 is 15.9 Å². The highest BCUT2D eigenvalue weighted by molar-refractivity contribution is 9.10. The van der Waals surface area contributed by atoms with Crippen molar-refractivity contribution in [2.24, 2.45) is 5.11 Å². The molecule has 0 bridgehead atoms. The average molecular weight is 582 g/mol. The molecule has 3 atom stereocenters. The highest BCUT2D eigenvalue weighted by Crippen LogP contribution is 2.60. The first-order chi connectivity index (χ1) is 17.8. The quantitative estimate of drug-likeness (QED) is 0.175. The Morgan fingerprint density at radius 1 is 1.16 bits per heavy atom. The topological polar surface area (TPSA) is 124 Å². The second kappa shape index (κ2) is 9.41. The summed E-state index contributed by atoms with van der Waals surface area (Å²) in [6, 6.07) is 19.2. The number of carbonyl (C=O) groups is 1. The highest BCUT2D eigenvalue weighted by atomic mass is 79.9. The summed E-state index contributed by atoms with van der Waals surface area (Å²) in [6.45, 7) is 1.94. The Morgan fingerprint density at radius 3 is 2.59 bits per heavy atom. The summed E-state index contributed by atoms with van der Waals surface area (Å²) >= 11 is 3.65. The van der Waals surface area contributed by atoms with E-state index in [1.165, 1.54) is 11.4 Å². The molecule has 0 aromatic heterocycles. The van der Waals surface area contributed by atoms with E-state index in [4.69, 9.17) is 10.3 Å². The Labute approximate surface area is 223 Å². The zero-order chi connectivity index (χ0) is 26.4. The Morgan fingerprint density at radius 2 is 1.89 bits per heavy atom. The van der Waals surface area contributed by atoms with Gasteiger partial charge in [-0.05, 0) is 54.8 Å². The number of azide groups is 1. The zero-order valence-electron chi connectivity index (χ0n) is 20.1. The molecule has 2 aliphatic rings. The van der Waals surface area contributed by atoms with Crippen molar-refractivity contribution in [1.29, 1.82) is 0 Å².